The summed E-state index contributed by atoms with van der Waals surface area (Å²) in [7, 11) is 0. The molecule has 0 fully saturated rings. The van der Waals surface area contributed by atoms with Gasteiger partial charge in [-0.3, -0.25) is 4.79 Å². The fraction of sp³-hybridized carbons (Fsp3) is 0.667. The summed E-state index contributed by atoms with van der Waals surface area (Å²) < 4.78 is 40.3. The molecule has 0 aliphatic carbocycles. The maximum Gasteiger partial charge on any atom is 0.224 e. The van der Waals surface area contributed by atoms with Crippen LogP contribution in [-0.4, -0.2) is 45.5 Å². The number of nitrogens with one attached hydrogen (secondary N) is 1. The van der Waals surface area contributed by atoms with E-state index in [9.17, 15) is 4.79 Å². The number of ether oxygens (including phenoxy) is 6. The summed E-state index contributed by atoms with van der Waals surface area (Å²) in [6.45, 7) is 18.8. The van der Waals surface area contributed by atoms with Gasteiger partial charge in [0, 0.05) is 11.8 Å². The van der Waals surface area contributed by atoms with Gasteiger partial charge < -0.3 is 33.7 Å². The van der Waals surface area contributed by atoms with Crippen LogP contribution < -0.4 is 33.7 Å². The molecule has 0 spiro atoms. The van der Waals surface area contributed by atoms with E-state index in [0.29, 0.717) is 63.2 Å². The van der Waals surface area contributed by atoms with E-state index in [2.05, 4.69) is 77.2 Å². The number of hydrogen-bond donors (Lipinski definition) is 1. The van der Waals surface area contributed by atoms with Gasteiger partial charge >= 0.3 is 0 Å². The topological polar surface area (TPSA) is 84.5 Å². The van der Waals surface area contributed by atoms with Crippen LogP contribution >= 0.6 is 0 Å². The van der Waals surface area contributed by atoms with E-state index in [1.807, 2.05) is 6.92 Å². The Kier molecular flexibility index (Phi) is 26.2. The molecule has 8 nitrogen and oxygen atoms in total. The molecule has 4 aromatic rings. The first kappa shape index (κ1) is 53.5. The van der Waals surface area contributed by atoms with Crippen LogP contribution in [0.3, 0.4) is 0 Å². The minimum atomic E-state index is -0.0853. The quantitative estimate of drug-likeness (QED) is 0.0354. The molecular weight excluding hydrogens is 811 g/mol. The molecule has 0 saturated carbocycles. The number of carbonyl (C=O) groups is 1. The second-order valence-electron chi connectivity index (χ2n) is 18.0. The highest BCUT2D eigenvalue weighted by Crippen LogP contribution is 2.51. The summed E-state index contributed by atoms with van der Waals surface area (Å²) in [5.74, 6) is 4.10. The highest BCUT2D eigenvalue weighted by atomic mass is 16.5. The van der Waals surface area contributed by atoms with E-state index in [1.54, 1.807) is 0 Å². The number of hydrogen-bond acceptors (Lipinski definition) is 7. The maximum absolute atomic E-state index is 13.7. The number of fused-ring (bicyclic) bond motifs is 6. The summed E-state index contributed by atoms with van der Waals surface area (Å²) in [6.07, 6.45) is 26.7. The number of unbranched alkanes of at least 4 members (excludes halogenated alkanes) is 18. The molecule has 0 aliphatic heterocycles. The molecule has 0 aliphatic rings. The van der Waals surface area contributed by atoms with Crippen molar-refractivity contribution in [2.45, 2.75) is 209 Å². The monoisotopic (exact) mass is 900 g/mol. The SMILES string of the molecule is CCCCCCOc1cc2c3cc(OCCCCCC)c(OCCCCCC)cc3c3c(NC(=O)CC)c(OCCCCCC)c(OCCCCCC)cc3c2cc1OCCCCCC. The molecule has 4 rings (SSSR count). The van der Waals surface area contributed by atoms with Gasteiger partial charge in [-0.05, 0) is 95.8 Å². The normalized spacial score (nSPS) is 11.4. The van der Waals surface area contributed by atoms with Gasteiger partial charge in [-0.25, -0.2) is 0 Å². The second kappa shape index (κ2) is 31.8. The smallest absolute Gasteiger partial charge is 0.224 e. The summed E-state index contributed by atoms with van der Waals surface area (Å²) in [4.78, 5) is 13.7. The van der Waals surface area contributed by atoms with Crippen molar-refractivity contribution in [3.8, 4) is 34.5 Å². The van der Waals surface area contributed by atoms with Crippen LogP contribution in [0.2, 0.25) is 0 Å². The number of amides is 1. The standard InChI is InChI=1S/C57H89NO7/c1-8-15-21-27-33-60-49-39-44-45-40-51(62-35-29-23-17-10-3)52(63-36-30-24-18-11-4)42-47(45)55-48(46(44)41-50(49)61-34-28-22-16-9-2)43-53(64-37-31-25-19-12-5)57(56(55)58-54(59)14-7)65-38-32-26-20-13-6/h39-43H,8-38H2,1-7H3,(H,58,59). The number of benzene rings is 4. The summed E-state index contributed by atoms with van der Waals surface area (Å²) in [5.41, 5.74) is 0.640. The van der Waals surface area contributed by atoms with Crippen molar-refractivity contribution < 1.29 is 33.2 Å². The molecule has 0 radical (unpaired) electrons. The van der Waals surface area contributed by atoms with Crippen LogP contribution in [-0.2, 0) is 4.79 Å². The lowest BCUT2D eigenvalue weighted by Crippen LogP contribution is -2.13. The average molecular weight is 900 g/mol. The van der Waals surface area contributed by atoms with Crippen molar-refractivity contribution in [1.29, 1.82) is 0 Å². The summed E-state index contributed by atoms with van der Waals surface area (Å²) >= 11 is 0. The van der Waals surface area contributed by atoms with Crippen LogP contribution in [0, 0.1) is 0 Å². The van der Waals surface area contributed by atoms with E-state index in [-0.39, 0.29) is 5.91 Å². The first-order valence-corrected chi connectivity index (χ1v) is 26.6. The Morgan fingerprint density at radius 2 is 0.631 bits per heavy atom. The lowest BCUT2D eigenvalue weighted by molar-refractivity contribution is -0.115. The molecule has 65 heavy (non-hydrogen) atoms. The van der Waals surface area contributed by atoms with Crippen LogP contribution in [0.1, 0.15) is 209 Å². The molecule has 0 heterocycles. The third-order valence-electron chi connectivity index (χ3n) is 12.4. The molecule has 0 saturated heterocycles. The van der Waals surface area contributed by atoms with Crippen molar-refractivity contribution in [1.82, 2.24) is 0 Å². The molecule has 1 amide bonds. The zero-order chi connectivity index (χ0) is 46.5. The van der Waals surface area contributed by atoms with Crippen molar-refractivity contribution in [3.05, 3.63) is 30.3 Å². The van der Waals surface area contributed by atoms with Gasteiger partial charge in [-0.15, -0.1) is 0 Å². The Balaban J connectivity index is 2.11. The highest BCUT2D eigenvalue weighted by Gasteiger charge is 2.25. The van der Waals surface area contributed by atoms with Gasteiger partial charge in [-0.2, -0.15) is 0 Å². The molecule has 0 unspecified atom stereocenters. The van der Waals surface area contributed by atoms with Gasteiger partial charge in [0.1, 0.15) is 0 Å². The average Bonchev–Trinajstić information content (AvgIpc) is 3.31. The van der Waals surface area contributed by atoms with Crippen molar-refractivity contribution >= 4 is 43.9 Å². The largest absolute Gasteiger partial charge is 0.490 e. The van der Waals surface area contributed by atoms with E-state index >= 15 is 0 Å². The molecular formula is C57H89NO7. The first-order valence-electron chi connectivity index (χ1n) is 26.6. The fourth-order valence-electron chi connectivity index (χ4n) is 8.43. The lowest BCUT2D eigenvalue weighted by atomic mass is 9.91. The first-order chi connectivity index (χ1) is 32.0. The molecule has 0 bridgehead atoms. The Hall–Kier alpha value is -4.07. The van der Waals surface area contributed by atoms with Crippen LogP contribution in [0.5, 0.6) is 34.5 Å². The Morgan fingerprint density at radius 3 is 0.954 bits per heavy atom. The van der Waals surface area contributed by atoms with Gasteiger partial charge in [0.25, 0.3) is 0 Å². The minimum Gasteiger partial charge on any atom is -0.490 e. The van der Waals surface area contributed by atoms with Gasteiger partial charge in [0.05, 0.1) is 45.3 Å². The second-order valence-corrected chi connectivity index (χ2v) is 18.0. The van der Waals surface area contributed by atoms with Crippen molar-refractivity contribution in [3.63, 3.8) is 0 Å². The molecule has 364 valence electrons. The summed E-state index contributed by atoms with van der Waals surface area (Å²) in [6, 6.07) is 10.8. The Bertz CT molecular complexity index is 1900. The fourth-order valence-corrected chi connectivity index (χ4v) is 8.43. The van der Waals surface area contributed by atoms with Gasteiger partial charge in [0.2, 0.25) is 5.91 Å². The highest BCUT2D eigenvalue weighted by molar-refractivity contribution is 6.31. The van der Waals surface area contributed by atoms with Crippen LogP contribution in [0.4, 0.5) is 5.69 Å². The molecule has 8 heteroatoms. The Morgan fingerprint density at radius 1 is 0.354 bits per heavy atom. The van der Waals surface area contributed by atoms with E-state index < -0.39 is 0 Å². The van der Waals surface area contributed by atoms with E-state index in [1.165, 1.54) is 44.9 Å². The number of carbonyl (C=O) groups excluding carboxylic acids is 1. The lowest BCUT2D eigenvalue weighted by Gasteiger charge is -2.23. The molecule has 4 aromatic carbocycles. The third-order valence-corrected chi connectivity index (χ3v) is 12.4. The van der Waals surface area contributed by atoms with Crippen molar-refractivity contribution in [2.24, 2.45) is 0 Å². The predicted molar refractivity (Wildman–Crippen MR) is 276 cm³/mol. The van der Waals surface area contributed by atoms with E-state index in [0.717, 1.165) is 164 Å². The zero-order valence-electron chi connectivity index (χ0n) is 42.2. The minimum absolute atomic E-state index is 0.0853. The molecule has 0 atom stereocenters. The molecule has 1 N–H and O–H groups in total. The molecule has 0 aromatic heterocycles. The zero-order valence-corrected chi connectivity index (χ0v) is 42.2. The maximum atomic E-state index is 13.7. The van der Waals surface area contributed by atoms with Crippen LogP contribution in [0.15, 0.2) is 30.3 Å². The third kappa shape index (κ3) is 17.3. The van der Waals surface area contributed by atoms with Gasteiger partial charge in [-0.1, -0.05) is 164 Å². The van der Waals surface area contributed by atoms with E-state index in [4.69, 9.17) is 28.4 Å². The Labute approximate surface area is 394 Å². The van der Waals surface area contributed by atoms with Crippen LogP contribution in [0.25, 0.3) is 32.3 Å². The number of anilines is 1. The predicted octanol–water partition coefficient (Wildman–Crippen LogP) is 17.2. The summed E-state index contributed by atoms with van der Waals surface area (Å²) in [5, 5.41) is 9.18. The number of rotatable bonds is 38. The van der Waals surface area contributed by atoms with Gasteiger partial charge in [0.15, 0.2) is 34.5 Å². The van der Waals surface area contributed by atoms with Crippen molar-refractivity contribution in [2.75, 3.05) is 45.0 Å².